The third kappa shape index (κ3) is 3.75. The third-order valence-electron chi connectivity index (χ3n) is 2.88. The molecule has 17 heavy (non-hydrogen) atoms. The monoisotopic (exact) mass is 234 g/mol. The number of carbonyl (C=O) groups is 1. The molecule has 4 heteroatoms. The summed E-state index contributed by atoms with van der Waals surface area (Å²) < 4.78 is 0. The summed E-state index contributed by atoms with van der Waals surface area (Å²) in [6, 6.07) is 7.06. The van der Waals surface area contributed by atoms with E-state index in [9.17, 15) is 9.90 Å². The van der Waals surface area contributed by atoms with Crippen LogP contribution in [0.2, 0.25) is 0 Å². The maximum absolute atomic E-state index is 11.5. The molecule has 0 aliphatic heterocycles. The largest absolute Gasteiger partial charge is 0.389 e. The number of aliphatic hydroxyl groups is 1. The molecule has 1 aromatic carbocycles. The summed E-state index contributed by atoms with van der Waals surface area (Å²) in [6.07, 6.45) is 1.92. The molecule has 0 radical (unpaired) electrons. The van der Waals surface area contributed by atoms with E-state index in [1.807, 2.05) is 18.2 Å². The van der Waals surface area contributed by atoms with Crippen molar-refractivity contribution in [3.8, 4) is 0 Å². The molecule has 92 valence electrons. The minimum atomic E-state index is -0.522. The zero-order valence-electron chi connectivity index (χ0n) is 9.94. The van der Waals surface area contributed by atoms with Gasteiger partial charge in [-0.2, -0.15) is 0 Å². The van der Waals surface area contributed by atoms with Gasteiger partial charge in [0.2, 0.25) is 0 Å². The lowest BCUT2D eigenvalue weighted by Gasteiger charge is -2.09. The fourth-order valence-corrected chi connectivity index (χ4v) is 1.61. The van der Waals surface area contributed by atoms with Crippen LogP contribution >= 0.6 is 0 Å². The van der Waals surface area contributed by atoms with Crippen molar-refractivity contribution in [2.75, 3.05) is 11.9 Å². The van der Waals surface area contributed by atoms with Crippen LogP contribution in [-0.4, -0.2) is 17.7 Å². The number of carbonyl (C=O) groups excluding carboxylic acids is 1. The summed E-state index contributed by atoms with van der Waals surface area (Å²) >= 11 is 0. The van der Waals surface area contributed by atoms with Crippen molar-refractivity contribution in [3.63, 3.8) is 0 Å². The maximum atomic E-state index is 11.5. The van der Waals surface area contributed by atoms with E-state index in [0.29, 0.717) is 11.6 Å². The first-order valence-electron chi connectivity index (χ1n) is 5.98. The van der Waals surface area contributed by atoms with Crippen molar-refractivity contribution < 1.29 is 9.90 Å². The molecule has 0 bridgehead atoms. The van der Waals surface area contributed by atoms with Crippen LogP contribution in [0.15, 0.2) is 24.3 Å². The van der Waals surface area contributed by atoms with Gasteiger partial charge in [-0.15, -0.1) is 0 Å². The van der Waals surface area contributed by atoms with Crippen LogP contribution in [0, 0.1) is 5.92 Å². The molecular formula is C13H18N2O2. The van der Waals surface area contributed by atoms with E-state index >= 15 is 0 Å². The number of urea groups is 1. The van der Waals surface area contributed by atoms with Crippen LogP contribution in [0.5, 0.6) is 0 Å². The highest BCUT2D eigenvalue weighted by molar-refractivity contribution is 5.89. The van der Waals surface area contributed by atoms with Gasteiger partial charge in [0.05, 0.1) is 6.10 Å². The van der Waals surface area contributed by atoms with Gasteiger partial charge in [-0.05, 0) is 43.4 Å². The van der Waals surface area contributed by atoms with Crippen molar-refractivity contribution >= 4 is 11.7 Å². The molecule has 2 amide bonds. The van der Waals surface area contributed by atoms with E-state index in [-0.39, 0.29) is 6.03 Å². The van der Waals surface area contributed by atoms with Gasteiger partial charge in [0.25, 0.3) is 0 Å². The average Bonchev–Trinajstić information content (AvgIpc) is 3.10. The van der Waals surface area contributed by atoms with Gasteiger partial charge in [0.1, 0.15) is 0 Å². The topological polar surface area (TPSA) is 61.4 Å². The summed E-state index contributed by atoms with van der Waals surface area (Å²) in [5.74, 6) is 0.671. The Kier molecular flexibility index (Phi) is 3.64. The van der Waals surface area contributed by atoms with E-state index in [1.54, 1.807) is 13.0 Å². The quantitative estimate of drug-likeness (QED) is 0.748. The standard InChI is InChI=1S/C13H18N2O2/c1-9(16)11-3-2-4-12(7-11)15-13(17)14-8-10-5-6-10/h2-4,7,9-10,16H,5-6,8H2,1H3,(H2,14,15,17). The molecule has 1 aromatic rings. The summed E-state index contributed by atoms with van der Waals surface area (Å²) in [4.78, 5) is 11.5. The van der Waals surface area contributed by atoms with Gasteiger partial charge in [-0.1, -0.05) is 12.1 Å². The van der Waals surface area contributed by atoms with Crippen LogP contribution in [-0.2, 0) is 0 Å². The number of nitrogens with one attached hydrogen (secondary N) is 2. The Hall–Kier alpha value is -1.55. The smallest absolute Gasteiger partial charge is 0.319 e. The molecule has 0 saturated heterocycles. The molecule has 1 aliphatic rings. The Bertz CT molecular complexity index is 400. The van der Waals surface area contributed by atoms with Crippen molar-refractivity contribution in [2.45, 2.75) is 25.9 Å². The Morgan fingerprint density at radius 2 is 2.29 bits per heavy atom. The number of aliphatic hydroxyl groups excluding tert-OH is 1. The average molecular weight is 234 g/mol. The highest BCUT2D eigenvalue weighted by Crippen LogP contribution is 2.27. The predicted molar refractivity (Wildman–Crippen MR) is 66.8 cm³/mol. The highest BCUT2D eigenvalue weighted by atomic mass is 16.3. The van der Waals surface area contributed by atoms with Gasteiger partial charge >= 0.3 is 6.03 Å². The Morgan fingerprint density at radius 1 is 1.53 bits per heavy atom. The van der Waals surface area contributed by atoms with Gasteiger partial charge in [-0.25, -0.2) is 4.79 Å². The molecular weight excluding hydrogens is 216 g/mol. The minimum absolute atomic E-state index is 0.181. The van der Waals surface area contributed by atoms with Crippen LogP contribution in [0.1, 0.15) is 31.4 Å². The molecule has 2 rings (SSSR count). The molecule has 4 nitrogen and oxygen atoms in total. The Morgan fingerprint density at radius 3 is 2.94 bits per heavy atom. The third-order valence-corrected chi connectivity index (χ3v) is 2.88. The van der Waals surface area contributed by atoms with E-state index < -0.39 is 6.10 Å². The zero-order chi connectivity index (χ0) is 12.3. The van der Waals surface area contributed by atoms with Crippen molar-refractivity contribution in [1.82, 2.24) is 5.32 Å². The number of amides is 2. The fraction of sp³-hybridized carbons (Fsp3) is 0.462. The summed E-state index contributed by atoms with van der Waals surface area (Å²) in [6.45, 7) is 2.45. The number of hydrogen-bond acceptors (Lipinski definition) is 2. The maximum Gasteiger partial charge on any atom is 0.319 e. The van der Waals surface area contributed by atoms with E-state index in [2.05, 4.69) is 10.6 Å². The lowest BCUT2D eigenvalue weighted by Crippen LogP contribution is -2.30. The molecule has 1 saturated carbocycles. The van der Waals surface area contributed by atoms with Gasteiger partial charge < -0.3 is 15.7 Å². The first kappa shape index (κ1) is 11.9. The molecule has 0 heterocycles. The first-order chi connectivity index (χ1) is 8.15. The summed E-state index contributed by atoms with van der Waals surface area (Å²) in [5, 5.41) is 15.0. The SMILES string of the molecule is CC(O)c1cccc(NC(=O)NCC2CC2)c1. The summed E-state index contributed by atoms with van der Waals surface area (Å²) in [7, 11) is 0. The fourth-order valence-electron chi connectivity index (χ4n) is 1.61. The van der Waals surface area contributed by atoms with Gasteiger partial charge in [0, 0.05) is 12.2 Å². The highest BCUT2D eigenvalue weighted by Gasteiger charge is 2.21. The van der Waals surface area contributed by atoms with Gasteiger partial charge in [0.15, 0.2) is 0 Å². The minimum Gasteiger partial charge on any atom is -0.389 e. The second-order valence-corrected chi connectivity index (χ2v) is 4.58. The number of anilines is 1. The molecule has 1 fully saturated rings. The van der Waals surface area contributed by atoms with E-state index in [0.717, 1.165) is 12.1 Å². The second kappa shape index (κ2) is 5.19. The van der Waals surface area contributed by atoms with Gasteiger partial charge in [-0.3, -0.25) is 0 Å². The lowest BCUT2D eigenvalue weighted by molar-refractivity contribution is 0.199. The predicted octanol–water partition coefficient (Wildman–Crippen LogP) is 2.27. The molecule has 1 aliphatic carbocycles. The van der Waals surface area contributed by atoms with Crippen molar-refractivity contribution in [1.29, 1.82) is 0 Å². The van der Waals surface area contributed by atoms with Crippen LogP contribution in [0.3, 0.4) is 0 Å². The molecule has 1 atom stereocenters. The number of hydrogen-bond donors (Lipinski definition) is 3. The van der Waals surface area contributed by atoms with E-state index in [1.165, 1.54) is 12.8 Å². The second-order valence-electron chi connectivity index (χ2n) is 4.58. The van der Waals surface area contributed by atoms with Crippen molar-refractivity contribution in [3.05, 3.63) is 29.8 Å². The first-order valence-corrected chi connectivity index (χ1v) is 5.98. The van der Waals surface area contributed by atoms with E-state index in [4.69, 9.17) is 0 Å². The number of benzene rings is 1. The lowest BCUT2D eigenvalue weighted by atomic mass is 10.1. The normalized spacial score (nSPS) is 16.4. The molecule has 0 aromatic heterocycles. The van der Waals surface area contributed by atoms with Crippen LogP contribution in [0.4, 0.5) is 10.5 Å². The summed E-state index contributed by atoms with van der Waals surface area (Å²) in [5.41, 5.74) is 1.50. The Labute approximate surface area is 101 Å². The zero-order valence-corrected chi connectivity index (χ0v) is 9.94. The molecule has 0 spiro atoms. The number of rotatable bonds is 4. The van der Waals surface area contributed by atoms with Crippen molar-refractivity contribution in [2.24, 2.45) is 5.92 Å². The Balaban J connectivity index is 1.87. The molecule has 1 unspecified atom stereocenters. The van der Waals surface area contributed by atoms with Crippen LogP contribution < -0.4 is 10.6 Å². The molecule has 3 N–H and O–H groups in total. The van der Waals surface area contributed by atoms with Crippen LogP contribution in [0.25, 0.3) is 0 Å².